The van der Waals surface area contributed by atoms with Gasteiger partial charge in [0.05, 0.1) is 12.0 Å². The maximum absolute atomic E-state index is 12.7. The molecule has 2 unspecified atom stereocenters. The summed E-state index contributed by atoms with van der Waals surface area (Å²) in [5, 5.41) is 10.2. The molecule has 0 bridgehead atoms. The van der Waals surface area contributed by atoms with Crippen LogP contribution in [0.15, 0.2) is 30.3 Å². The second-order valence-electron chi connectivity index (χ2n) is 6.90. The molecule has 6 nitrogen and oxygen atoms in total. The summed E-state index contributed by atoms with van der Waals surface area (Å²) in [5.41, 5.74) is 1.06. The van der Waals surface area contributed by atoms with Crippen molar-refractivity contribution in [3.8, 4) is 0 Å². The van der Waals surface area contributed by atoms with Gasteiger partial charge in [-0.2, -0.15) is 5.10 Å². The predicted molar refractivity (Wildman–Crippen MR) is 102 cm³/mol. The van der Waals surface area contributed by atoms with Crippen LogP contribution in [0.3, 0.4) is 0 Å². The van der Waals surface area contributed by atoms with Crippen LogP contribution in [0.4, 0.5) is 0 Å². The van der Waals surface area contributed by atoms with Crippen molar-refractivity contribution in [2.24, 2.45) is 5.92 Å². The zero-order valence-corrected chi connectivity index (χ0v) is 16.1. The summed E-state index contributed by atoms with van der Waals surface area (Å²) in [6, 6.07) is 10.2. The molecule has 2 aromatic rings. The Bertz CT molecular complexity index is 784. The van der Waals surface area contributed by atoms with Gasteiger partial charge in [-0.1, -0.05) is 30.3 Å². The number of ether oxygens (including phenoxy) is 1. The van der Waals surface area contributed by atoms with Crippen LogP contribution in [0.25, 0.3) is 0 Å². The summed E-state index contributed by atoms with van der Waals surface area (Å²) in [7, 11) is 0. The van der Waals surface area contributed by atoms with Gasteiger partial charge in [0.1, 0.15) is 5.82 Å². The molecule has 1 fully saturated rings. The van der Waals surface area contributed by atoms with E-state index in [0.717, 1.165) is 24.2 Å². The summed E-state index contributed by atoms with van der Waals surface area (Å²) < 4.78 is 8.52. The lowest BCUT2D eigenvalue weighted by Gasteiger charge is -2.31. The van der Waals surface area contributed by atoms with Gasteiger partial charge in [-0.15, -0.1) is 0 Å². The number of hydrogen-bond donors (Lipinski definition) is 2. The first-order chi connectivity index (χ1) is 12.6. The van der Waals surface area contributed by atoms with E-state index in [4.69, 9.17) is 17.0 Å². The molecule has 1 aromatic carbocycles. The highest BCUT2D eigenvalue weighted by atomic mass is 32.1. The molecule has 0 spiro atoms. The van der Waals surface area contributed by atoms with E-state index in [1.165, 1.54) is 0 Å². The van der Waals surface area contributed by atoms with Crippen LogP contribution >= 0.6 is 12.2 Å². The molecule has 1 aliphatic rings. The molecule has 0 aliphatic carbocycles. The topological polar surface area (TPSA) is 71.9 Å². The number of nitrogens with one attached hydrogen (secondary N) is 2. The second-order valence-corrected chi connectivity index (χ2v) is 7.29. The lowest BCUT2D eigenvalue weighted by molar-refractivity contribution is -0.134. The summed E-state index contributed by atoms with van der Waals surface area (Å²) >= 11 is 5.26. The maximum Gasteiger partial charge on any atom is 0.226 e. The first-order valence-corrected chi connectivity index (χ1v) is 9.58. The number of H-pyrrole nitrogens is 1. The third kappa shape index (κ3) is 4.22. The predicted octanol–water partition coefficient (Wildman–Crippen LogP) is 3.35. The number of aromatic amines is 1. The van der Waals surface area contributed by atoms with Crippen LogP contribution in [0.2, 0.25) is 0 Å². The van der Waals surface area contributed by atoms with E-state index >= 15 is 0 Å². The van der Waals surface area contributed by atoms with Gasteiger partial charge in [0.15, 0.2) is 4.77 Å². The van der Waals surface area contributed by atoms with Crippen molar-refractivity contribution < 1.29 is 9.53 Å². The molecule has 0 saturated carbocycles. The monoisotopic (exact) mass is 374 g/mol. The third-order valence-corrected chi connectivity index (χ3v) is 5.02. The quantitative estimate of drug-likeness (QED) is 0.761. The van der Waals surface area contributed by atoms with E-state index in [9.17, 15) is 4.79 Å². The van der Waals surface area contributed by atoms with E-state index in [1.54, 1.807) is 0 Å². The maximum atomic E-state index is 12.7. The average Bonchev–Trinajstić information content (AvgIpc) is 3.03. The largest absolute Gasteiger partial charge is 0.373 e. The van der Waals surface area contributed by atoms with Gasteiger partial charge in [0, 0.05) is 25.6 Å². The Morgan fingerprint density at radius 1 is 1.42 bits per heavy atom. The first kappa shape index (κ1) is 18.8. The molecule has 140 valence electrons. The Hall–Kier alpha value is -1.99. The molecule has 2 atom stereocenters. The second kappa shape index (κ2) is 8.60. The van der Waals surface area contributed by atoms with Crippen molar-refractivity contribution in [2.45, 2.75) is 45.3 Å². The number of amides is 1. The molecule has 0 radical (unpaired) electrons. The molecular weight excluding hydrogens is 348 g/mol. The van der Waals surface area contributed by atoms with Crippen molar-refractivity contribution in [2.75, 3.05) is 13.2 Å². The standard InChI is InChI=1S/C19H26N4O2S/c1-13(2)23-16(21-22-19(23)26)10-11-20-18(24)15-9-6-12-25-17(15)14-7-4-3-5-8-14/h3-5,7-8,13,15,17H,6,9-12H2,1-2H3,(H,20,24)(H,22,26). The Morgan fingerprint density at radius 3 is 2.92 bits per heavy atom. The van der Waals surface area contributed by atoms with Crippen LogP contribution in [-0.2, 0) is 16.0 Å². The molecule has 1 amide bonds. The molecule has 3 rings (SSSR count). The molecular formula is C19H26N4O2S. The molecule has 7 heteroatoms. The van der Waals surface area contributed by atoms with Crippen LogP contribution in [0.1, 0.15) is 50.2 Å². The average molecular weight is 375 g/mol. The van der Waals surface area contributed by atoms with Crippen molar-refractivity contribution in [1.29, 1.82) is 0 Å². The molecule has 2 heterocycles. The minimum Gasteiger partial charge on any atom is -0.373 e. The van der Waals surface area contributed by atoms with Crippen molar-refractivity contribution in [3.05, 3.63) is 46.5 Å². The summed E-state index contributed by atoms with van der Waals surface area (Å²) in [4.78, 5) is 12.7. The van der Waals surface area contributed by atoms with Crippen LogP contribution in [-0.4, -0.2) is 33.8 Å². The van der Waals surface area contributed by atoms with E-state index in [0.29, 0.717) is 24.3 Å². The van der Waals surface area contributed by atoms with Crippen LogP contribution < -0.4 is 5.32 Å². The summed E-state index contributed by atoms with van der Waals surface area (Å²) in [6.45, 7) is 5.37. The van der Waals surface area contributed by atoms with Gasteiger partial charge in [-0.25, -0.2) is 0 Å². The normalized spacial score (nSPS) is 20.3. The SMILES string of the molecule is CC(C)n1c(CCNC(=O)C2CCCOC2c2ccccc2)n[nH]c1=S. The number of rotatable bonds is 6. The lowest BCUT2D eigenvalue weighted by Crippen LogP contribution is -2.38. The minimum absolute atomic E-state index is 0.0452. The Kier molecular flexibility index (Phi) is 6.21. The highest BCUT2D eigenvalue weighted by Gasteiger charge is 2.32. The van der Waals surface area contributed by atoms with E-state index in [1.807, 2.05) is 34.9 Å². The Morgan fingerprint density at radius 2 is 2.19 bits per heavy atom. The fraction of sp³-hybridized carbons (Fsp3) is 0.526. The molecule has 2 N–H and O–H groups in total. The number of carbonyl (C=O) groups excluding carboxylic acids is 1. The molecule has 1 aromatic heterocycles. The van der Waals surface area contributed by atoms with Gasteiger partial charge < -0.3 is 14.6 Å². The molecule has 1 aliphatic heterocycles. The van der Waals surface area contributed by atoms with Crippen LogP contribution in [0, 0.1) is 10.7 Å². The Balaban J connectivity index is 1.61. The highest BCUT2D eigenvalue weighted by Crippen LogP contribution is 2.33. The van der Waals surface area contributed by atoms with Gasteiger partial charge in [0.25, 0.3) is 0 Å². The fourth-order valence-electron chi connectivity index (χ4n) is 3.50. The first-order valence-electron chi connectivity index (χ1n) is 9.18. The summed E-state index contributed by atoms with van der Waals surface area (Å²) in [6.07, 6.45) is 2.22. The number of nitrogens with zero attached hydrogens (tertiary/aromatic N) is 2. The van der Waals surface area contributed by atoms with Crippen LogP contribution in [0.5, 0.6) is 0 Å². The van der Waals surface area contributed by atoms with Crippen molar-refractivity contribution in [1.82, 2.24) is 20.1 Å². The van der Waals surface area contributed by atoms with E-state index < -0.39 is 0 Å². The Labute approximate surface area is 159 Å². The number of carbonyl (C=O) groups is 1. The van der Waals surface area contributed by atoms with E-state index in [2.05, 4.69) is 29.4 Å². The van der Waals surface area contributed by atoms with Gasteiger partial charge >= 0.3 is 0 Å². The van der Waals surface area contributed by atoms with E-state index in [-0.39, 0.29) is 24.0 Å². The number of benzene rings is 1. The van der Waals surface area contributed by atoms with Gasteiger partial charge in [-0.3, -0.25) is 9.89 Å². The fourth-order valence-corrected chi connectivity index (χ4v) is 3.86. The smallest absolute Gasteiger partial charge is 0.226 e. The zero-order valence-electron chi connectivity index (χ0n) is 15.3. The van der Waals surface area contributed by atoms with Gasteiger partial charge in [-0.05, 0) is 44.5 Å². The third-order valence-electron chi connectivity index (χ3n) is 4.73. The van der Waals surface area contributed by atoms with Gasteiger partial charge in [0.2, 0.25) is 5.91 Å². The number of hydrogen-bond acceptors (Lipinski definition) is 4. The molecule has 1 saturated heterocycles. The summed E-state index contributed by atoms with van der Waals surface area (Å²) in [5.74, 6) is 0.755. The minimum atomic E-state index is -0.171. The lowest BCUT2D eigenvalue weighted by atomic mass is 9.89. The van der Waals surface area contributed by atoms with Crippen molar-refractivity contribution >= 4 is 18.1 Å². The molecule has 26 heavy (non-hydrogen) atoms. The number of aromatic nitrogens is 3. The zero-order chi connectivity index (χ0) is 18.5. The van der Waals surface area contributed by atoms with Crippen molar-refractivity contribution in [3.63, 3.8) is 0 Å². The highest BCUT2D eigenvalue weighted by molar-refractivity contribution is 7.71.